The topological polar surface area (TPSA) is 0 Å². The lowest BCUT2D eigenvalue weighted by Crippen LogP contribution is -2.03. The Labute approximate surface area is 120 Å². The first-order valence-corrected chi connectivity index (χ1v) is 6.43. The Morgan fingerprint density at radius 3 is 2.05 bits per heavy atom. The Balaban J connectivity index is 2.56. The largest absolute Gasteiger partial charge is 0.207 e. The van der Waals surface area contributed by atoms with E-state index in [-0.39, 0.29) is 10.6 Å². The van der Waals surface area contributed by atoms with E-state index >= 15 is 0 Å². The molecule has 1 atom stereocenters. The molecule has 0 fully saturated rings. The molecule has 6 heteroatoms. The molecular weight excluding hydrogens is 347 g/mol. The summed E-state index contributed by atoms with van der Waals surface area (Å²) < 4.78 is 53.7. The van der Waals surface area contributed by atoms with Crippen LogP contribution in [0.2, 0.25) is 5.02 Å². The van der Waals surface area contributed by atoms with Gasteiger partial charge in [0, 0.05) is 28.3 Å². The molecular formula is C13H6BrClF4. The van der Waals surface area contributed by atoms with Crippen molar-refractivity contribution in [1.82, 2.24) is 0 Å². The lowest BCUT2D eigenvalue weighted by molar-refractivity contribution is 0.525. The zero-order chi connectivity index (χ0) is 14.2. The molecule has 2 aromatic carbocycles. The maximum atomic E-state index is 13.6. The highest BCUT2D eigenvalue weighted by atomic mass is 79.9. The van der Waals surface area contributed by atoms with Gasteiger partial charge < -0.3 is 0 Å². The molecule has 0 nitrogen and oxygen atoms in total. The summed E-state index contributed by atoms with van der Waals surface area (Å²) in [6.45, 7) is 0. The van der Waals surface area contributed by atoms with Gasteiger partial charge >= 0.3 is 0 Å². The number of hydrogen-bond donors (Lipinski definition) is 0. The molecule has 0 bridgehead atoms. The first kappa shape index (κ1) is 14.3. The first-order chi connectivity index (χ1) is 8.90. The predicted molar refractivity (Wildman–Crippen MR) is 68.5 cm³/mol. The molecule has 100 valence electrons. The molecule has 0 saturated carbocycles. The lowest BCUT2D eigenvalue weighted by atomic mass is 10.0. The minimum Gasteiger partial charge on any atom is -0.207 e. The highest BCUT2D eigenvalue weighted by Gasteiger charge is 2.23. The van der Waals surface area contributed by atoms with Crippen molar-refractivity contribution in [3.8, 4) is 0 Å². The van der Waals surface area contributed by atoms with Crippen LogP contribution in [0, 0.1) is 23.3 Å². The number of benzene rings is 2. The summed E-state index contributed by atoms with van der Waals surface area (Å²) in [4.78, 5) is -1.10. The van der Waals surface area contributed by atoms with Gasteiger partial charge in [-0.2, -0.15) is 0 Å². The van der Waals surface area contributed by atoms with E-state index in [1.165, 1.54) is 12.1 Å². The fraction of sp³-hybridized carbons (Fsp3) is 0.0769. The number of rotatable bonds is 2. The third-order valence-electron chi connectivity index (χ3n) is 2.53. The zero-order valence-corrected chi connectivity index (χ0v) is 11.6. The van der Waals surface area contributed by atoms with E-state index in [2.05, 4.69) is 15.9 Å². The van der Waals surface area contributed by atoms with Crippen LogP contribution in [-0.4, -0.2) is 0 Å². The molecule has 0 spiro atoms. The van der Waals surface area contributed by atoms with Crippen LogP contribution in [0.3, 0.4) is 0 Å². The van der Waals surface area contributed by atoms with E-state index in [4.69, 9.17) is 11.6 Å². The molecule has 19 heavy (non-hydrogen) atoms. The van der Waals surface area contributed by atoms with Crippen LogP contribution in [0.1, 0.15) is 16.0 Å². The SMILES string of the molecule is Fc1cc(F)c(C(Br)c2cc(Cl)ccc2F)c(F)c1. The van der Waals surface area contributed by atoms with Crippen molar-refractivity contribution in [2.24, 2.45) is 0 Å². The summed E-state index contributed by atoms with van der Waals surface area (Å²) in [5, 5.41) is 0.226. The van der Waals surface area contributed by atoms with Gasteiger partial charge in [0.05, 0.1) is 4.83 Å². The third-order valence-corrected chi connectivity index (χ3v) is 3.71. The van der Waals surface area contributed by atoms with Crippen LogP contribution in [0.15, 0.2) is 30.3 Å². The zero-order valence-electron chi connectivity index (χ0n) is 9.23. The second-order valence-corrected chi connectivity index (χ2v) is 5.16. The van der Waals surface area contributed by atoms with Gasteiger partial charge in [-0.05, 0) is 18.2 Å². The quantitative estimate of drug-likeness (QED) is 0.502. The standard InChI is InChI=1S/C13H6BrClF4/c14-13(8-3-6(15)1-2-9(8)17)12-10(18)4-7(16)5-11(12)19/h1-5,13H. The molecule has 0 aliphatic carbocycles. The average Bonchev–Trinajstić information content (AvgIpc) is 2.30. The van der Waals surface area contributed by atoms with Crippen molar-refractivity contribution in [1.29, 1.82) is 0 Å². The summed E-state index contributed by atoms with van der Waals surface area (Å²) >= 11 is 8.72. The molecule has 0 radical (unpaired) electrons. The maximum Gasteiger partial charge on any atom is 0.133 e. The molecule has 0 aliphatic rings. The fourth-order valence-electron chi connectivity index (χ4n) is 1.66. The monoisotopic (exact) mass is 352 g/mol. The minimum absolute atomic E-state index is 0.0306. The number of alkyl halides is 1. The first-order valence-electron chi connectivity index (χ1n) is 5.13. The van der Waals surface area contributed by atoms with Crippen molar-refractivity contribution in [2.45, 2.75) is 4.83 Å². The summed E-state index contributed by atoms with van der Waals surface area (Å²) in [6.07, 6.45) is 0. The second kappa shape index (κ2) is 5.51. The van der Waals surface area contributed by atoms with Gasteiger partial charge in [-0.25, -0.2) is 17.6 Å². The molecule has 0 N–H and O–H groups in total. The van der Waals surface area contributed by atoms with E-state index in [0.29, 0.717) is 12.1 Å². The van der Waals surface area contributed by atoms with Crippen molar-refractivity contribution >= 4 is 27.5 Å². The van der Waals surface area contributed by atoms with Gasteiger partial charge in [0.25, 0.3) is 0 Å². The molecule has 0 saturated heterocycles. The van der Waals surface area contributed by atoms with E-state index in [9.17, 15) is 17.6 Å². The van der Waals surface area contributed by atoms with Crippen molar-refractivity contribution in [3.63, 3.8) is 0 Å². The van der Waals surface area contributed by atoms with Crippen LogP contribution in [0.25, 0.3) is 0 Å². The van der Waals surface area contributed by atoms with E-state index in [0.717, 1.165) is 6.07 Å². The Bertz CT molecular complexity index is 607. The highest BCUT2D eigenvalue weighted by Crippen LogP contribution is 2.36. The van der Waals surface area contributed by atoms with Crippen molar-refractivity contribution in [3.05, 3.63) is 69.8 Å². The summed E-state index contributed by atoms with van der Waals surface area (Å²) in [5.41, 5.74) is -0.500. The number of hydrogen-bond acceptors (Lipinski definition) is 0. The number of halogens is 6. The van der Waals surface area contributed by atoms with Crippen LogP contribution < -0.4 is 0 Å². The molecule has 1 unspecified atom stereocenters. The Kier molecular flexibility index (Phi) is 4.16. The van der Waals surface area contributed by atoms with Gasteiger partial charge in [0.15, 0.2) is 0 Å². The normalized spacial score (nSPS) is 12.5. The molecule has 2 aromatic rings. The Hall–Kier alpha value is -1.07. The Morgan fingerprint density at radius 2 is 1.47 bits per heavy atom. The fourth-order valence-corrected chi connectivity index (χ4v) is 2.63. The van der Waals surface area contributed by atoms with Gasteiger partial charge in [0.1, 0.15) is 23.3 Å². The highest BCUT2D eigenvalue weighted by molar-refractivity contribution is 9.09. The van der Waals surface area contributed by atoms with Gasteiger partial charge in [-0.15, -0.1) is 0 Å². The average molecular weight is 354 g/mol. The lowest BCUT2D eigenvalue weighted by Gasteiger charge is -2.14. The van der Waals surface area contributed by atoms with Crippen LogP contribution in [-0.2, 0) is 0 Å². The third kappa shape index (κ3) is 2.92. The van der Waals surface area contributed by atoms with E-state index in [1.807, 2.05) is 0 Å². The second-order valence-electron chi connectivity index (χ2n) is 3.81. The summed E-state index contributed by atoms with van der Waals surface area (Å²) in [5.74, 6) is -3.91. The summed E-state index contributed by atoms with van der Waals surface area (Å²) in [7, 11) is 0. The molecule has 0 amide bonds. The van der Waals surface area contributed by atoms with Crippen molar-refractivity contribution < 1.29 is 17.6 Å². The Morgan fingerprint density at radius 1 is 0.895 bits per heavy atom. The van der Waals surface area contributed by atoms with Gasteiger partial charge in [-0.3, -0.25) is 0 Å². The molecule has 0 aromatic heterocycles. The van der Waals surface area contributed by atoms with Crippen LogP contribution >= 0.6 is 27.5 Å². The molecule has 0 heterocycles. The maximum absolute atomic E-state index is 13.6. The van der Waals surface area contributed by atoms with Crippen LogP contribution in [0.5, 0.6) is 0 Å². The molecule has 0 aliphatic heterocycles. The van der Waals surface area contributed by atoms with E-state index < -0.39 is 33.7 Å². The van der Waals surface area contributed by atoms with Crippen LogP contribution in [0.4, 0.5) is 17.6 Å². The van der Waals surface area contributed by atoms with Gasteiger partial charge in [-0.1, -0.05) is 27.5 Å². The van der Waals surface area contributed by atoms with Gasteiger partial charge in [0.2, 0.25) is 0 Å². The molecule has 2 rings (SSSR count). The van der Waals surface area contributed by atoms with E-state index in [1.54, 1.807) is 0 Å². The predicted octanol–water partition coefficient (Wildman–Crippen LogP) is 5.38. The minimum atomic E-state index is -1.10. The van der Waals surface area contributed by atoms with Crippen molar-refractivity contribution in [2.75, 3.05) is 0 Å². The summed E-state index contributed by atoms with van der Waals surface area (Å²) in [6, 6.07) is 4.73. The smallest absolute Gasteiger partial charge is 0.133 e.